The molecule has 3 atom stereocenters. The molecular weight excluding hydrogens is 290 g/mol. The van der Waals surface area contributed by atoms with Crippen molar-refractivity contribution in [2.24, 2.45) is 11.3 Å². The molecule has 1 saturated heterocycles. The quantitative estimate of drug-likeness (QED) is 0.779. The van der Waals surface area contributed by atoms with E-state index in [-0.39, 0.29) is 29.6 Å². The van der Waals surface area contributed by atoms with E-state index in [0.717, 1.165) is 51.5 Å². The molecule has 0 bridgehead atoms. The predicted molar refractivity (Wildman–Crippen MR) is 92.3 cm³/mol. The van der Waals surface area contributed by atoms with E-state index in [0.29, 0.717) is 0 Å². The SMILES string of the molecule is CC(C)(C)OC(=O)N1CCCCCC1C1CCCC(C)(C)C1O. The number of hydrogen-bond acceptors (Lipinski definition) is 3. The first-order valence-corrected chi connectivity index (χ1v) is 9.29. The van der Waals surface area contributed by atoms with E-state index >= 15 is 0 Å². The lowest BCUT2D eigenvalue weighted by Crippen LogP contribution is -2.53. The van der Waals surface area contributed by atoms with Gasteiger partial charge >= 0.3 is 6.09 Å². The molecule has 4 heteroatoms. The van der Waals surface area contributed by atoms with Crippen molar-refractivity contribution in [1.82, 2.24) is 4.90 Å². The molecular formula is C19H35NO3. The molecule has 2 fully saturated rings. The molecule has 0 aromatic heterocycles. The van der Waals surface area contributed by atoms with Crippen LogP contribution in [0.2, 0.25) is 0 Å². The molecule has 23 heavy (non-hydrogen) atoms. The van der Waals surface area contributed by atoms with Crippen LogP contribution in [0.1, 0.15) is 79.6 Å². The highest BCUT2D eigenvalue weighted by molar-refractivity contribution is 5.68. The van der Waals surface area contributed by atoms with Gasteiger partial charge < -0.3 is 14.7 Å². The number of ether oxygens (including phenoxy) is 1. The van der Waals surface area contributed by atoms with E-state index < -0.39 is 5.60 Å². The van der Waals surface area contributed by atoms with E-state index in [1.807, 2.05) is 25.7 Å². The van der Waals surface area contributed by atoms with Gasteiger partial charge in [0, 0.05) is 18.5 Å². The number of aliphatic hydroxyl groups is 1. The van der Waals surface area contributed by atoms with Crippen LogP contribution in [0.15, 0.2) is 0 Å². The Hall–Kier alpha value is -0.770. The zero-order valence-electron chi connectivity index (χ0n) is 15.6. The van der Waals surface area contributed by atoms with Crippen LogP contribution in [0.5, 0.6) is 0 Å². The minimum absolute atomic E-state index is 0.0607. The van der Waals surface area contributed by atoms with Gasteiger partial charge in [-0.25, -0.2) is 4.79 Å². The van der Waals surface area contributed by atoms with Crippen LogP contribution in [-0.4, -0.2) is 40.4 Å². The fourth-order valence-electron chi connectivity index (χ4n) is 4.21. The van der Waals surface area contributed by atoms with E-state index in [1.165, 1.54) is 0 Å². The lowest BCUT2D eigenvalue weighted by molar-refractivity contribution is -0.0676. The third-order valence-corrected chi connectivity index (χ3v) is 5.49. The molecule has 1 saturated carbocycles. The van der Waals surface area contributed by atoms with Gasteiger partial charge in [-0.2, -0.15) is 0 Å². The van der Waals surface area contributed by atoms with E-state index in [2.05, 4.69) is 13.8 Å². The zero-order chi connectivity index (χ0) is 17.3. The number of hydrogen-bond donors (Lipinski definition) is 1. The van der Waals surface area contributed by atoms with E-state index in [9.17, 15) is 9.90 Å². The van der Waals surface area contributed by atoms with Crippen LogP contribution in [0, 0.1) is 11.3 Å². The first-order chi connectivity index (χ1) is 10.6. The Morgan fingerprint density at radius 1 is 1.13 bits per heavy atom. The Balaban J connectivity index is 2.19. The summed E-state index contributed by atoms with van der Waals surface area (Å²) in [6.07, 6.45) is 6.95. The molecule has 1 amide bonds. The van der Waals surface area contributed by atoms with Crippen molar-refractivity contribution >= 4 is 6.09 Å². The number of rotatable bonds is 1. The Bertz CT molecular complexity index is 413. The molecule has 0 aromatic rings. The molecule has 0 spiro atoms. The van der Waals surface area contributed by atoms with E-state index in [4.69, 9.17) is 4.74 Å². The maximum absolute atomic E-state index is 12.7. The molecule has 1 aliphatic carbocycles. The molecule has 3 unspecified atom stereocenters. The zero-order valence-corrected chi connectivity index (χ0v) is 15.6. The minimum atomic E-state index is -0.474. The second kappa shape index (κ2) is 7.00. The molecule has 1 aliphatic heterocycles. The molecule has 2 rings (SSSR count). The van der Waals surface area contributed by atoms with Gasteiger partial charge in [0.15, 0.2) is 0 Å². The second-order valence-corrected chi connectivity index (χ2v) is 9.08. The Kier molecular flexibility index (Phi) is 5.65. The lowest BCUT2D eigenvalue weighted by Gasteiger charge is -2.46. The van der Waals surface area contributed by atoms with Crippen LogP contribution in [-0.2, 0) is 4.74 Å². The lowest BCUT2D eigenvalue weighted by atomic mass is 9.67. The first-order valence-electron chi connectivity index (χ1n) is 9.29. The molecule has 2 aliphatic rings. The van der Waals surface area contributed by atoms with Gasteiger partial charge in [0.25, 0.3) is 0 Å². The van der Waals surface area contributed by atoms with Crippen LogP contribution < -0.4 is 0 Å². The summed E-state index contributed by atoms with van der Waals surface area (Å²) in [5.41, 5.74) is -0.535. The van der Waals surface area contributed by atoms with Gasteiger partial charge in [-0.05, 0) is 51.9 Å². The molecule has 4 nitrogen and oxygen atoms in total. The number of nitrogens with zero attached hydrogens (tertiary/aromatic N) is 1. The summed E-state index contributed by atoms with van der Waals surface area (Å²) >= 11 is 0. The highest BCUT2D eigenvalue weighted by Crippen LogP contribution is 2.43. The molecule has 1 N–H and O–H groups in total. The van der Waals surface area contributed by atoms with Crippen molar-refractivity contribution in [2.45, 2.75) is 97.3 Å². The monoisotopic (exact) mass is 325 g/mol. The maximum Gasteiger partial charge on any atom is 0.410 e. The predicted octanol–water partition coefficient (Wildman–Crippen LogP) is 4.35. The third kappa shape index (κ3) is 4.62. The fraction of sp³-hybridized carbons (Fsp3) is 0.947. The molecule has 1 heterocycles. The van der Waals surface area contributed by atoms with Crippen molar-refractivity contribution < 1.29 is 14.6 Å². The van der Waals surface area contributed by atoms with Crippen LogP contribution in [0.25, 0.3) is 0 Å². The maximum atomic E-state index is 12.7. The third-order valence-electron chi connectivity index (χ3n) is 5.49. The minimum Gasteiger partial charge on any atom is -0.444 e. The molecule has 134 valence electrons. The first kappa shape index (κ1) is 18.6. The smallest absolute Gasteiger partial charge is 0.410 e. The number of aliphatic hydroxyl groups excluding tert-OH is 1. The normalized spacial score (nSPS) is 32.3. The summed E-state index contributed by atoms with van der Waals surface area (Å²) in [6, 6.07) is 0.113. The van der Waals surface area contributed by atoms with Gasteiger partial charge in [-0.3, -0.25) is 0 Å². The highest BCUT2D eigenvalue weighted by atomic mass is 16.6. The number of carbonyl (C=O) groups is 1. The average Bonchev–Trinajstić information content (AvgIpc) is 2.65. The summed E-state index contributed by atoms with van der Waals surface area (Å²) in [5.74, 6) is 0.171. The summed E-state index contributed by atoms with van der Waals surface area (Å²) in [7, 11) is 0. The van der Waals surface area contributed by atoms with Gasteiger partial charge in [-0.15, -0.1) is 0 Å². The van der Waals surface area contributed by atoms with Crippen molar-refractivity contribution in [3.8, 4) is 0 Å². The van der Waals surface area contributed by atoms with Crippen LogP contribution >= 0.6 is 0 Å². The van der Waals surface area contributed by atoms with Crippen molar-refractivity contribution in [2.75, 3.05) is 6.54 Å². The number of amides is 1. The average molecular weight is 325 g/mol. The van der Waals surface area contributed by atoms with Gasteiger partial charge in [-0.1, -0.05) is 33.1 Å². The standard InChI is InChI=1S/C19H35NO3/c1-18(2,3)23-17(22)20-13-8-6-7-11-15(20)14-10-9-12-19(4,5)16(14)21/h14-16,21H,6-13H2,1-5H3. The van der Waals surface area contributed by atoms with Crippen LogP contribution in [0.4, 0.5) is 4.79 Å². The summed E-state index contributed by atoms with van der Waals surface area (Å²) < 4.78 is 5.65. The van der Waals surface area contributed by atoms with Gasteiger partial charge in [0.2, 0.25) is 0 Å². The summed E-state index contributed by atoms with van der Waals surface area (Å²) in [4.78, 5) is 14.6. The van der Waals surface area contributed by atoms with Gasteiger partial charge in [0.1, 0.15) is 5.60 Å². The largest absolute Gasteiger partial charge is 0.444 e. The van der Waals surface area contributed by atoms with Gasteiger partial charge in [0.05, 0.1) is 6.10 Å². The molecule has 0 radical (unpaired) electrons. The fourth-order valence-corrected chi connectivity index (χ4v) is 4.21. The topological polar surface area (TPSA) is 49.8 Å². The van der Waals surface area contributed by atoms with Crippen molar-refractivity contribution in [3.05, 3.63) is 0 Å². The number of carbonyl (C=O) groups excluding carboxylic acids is 1. The summed E-state index contributed by atoms with van der Waals surface area (Å²) in [5, 5.41) is 10.9. The Morgan fingerprint density at radius 3 is 2.48 bits per heavy atom. The summed E-state index contributed by atoms with van der Waals surface area (Å²) in [6.45, 7) is 10.8. The number of likely N-dealkylation sites (tertiary alicyclic amines) is 1. The Morgan fingerprint density at radius 2 is 1.83 bits per heavy atom. The van der Waals surface area contributed by atoms with Crippen LogP contribution in [0.3, 0.4) is 0 Å². The second-order valence-electron chi connectivity index (χ2n) is 9.08. The molecule has 0 aromatic carbocycles. The van der Waals surface area contributed by atoms with E-state index in [1.54, 1.807) is 0 Å². The van der Waals surface area contributed by atoms with Crippen molar-refractivity contribution in [1.29, 1.82) is 0 Å². The highest BCUT2D eigenvalue weighted by Gasteiger charge is 2.44. The van der Waals surface area contributed by atoms with Crippen molar-refractivity contribution in [3.63, 3.8) is 0 Å². The Labute approximate surface area is 141 Å².